The molecule has 1 aromatic rings. The Labute approximate surface area is 87.1 Å². The molecule has 0 fully saturated rings. The molecule has 0 aromatic heterocycles. The highest BCUT2D eigenvalue weighted by Crippen LogP contribution is 2.18. The predicted octanol–water partition coefficient (Wildman–Crippen LogP) is 3.14. The van der Waals surface area contributed by atoms with Crippen LogP contribution in [-0.2, 0) is 0 Å². The molecule has 1 aromatic carbocycles. The van der Waals surface area contributed by atoms with Gasteiger partial charge >= 0.3 is 0 Å². The summed E-state index contributed by atoms with van der Waals surface area (Å²) in [6.45, 7) is 2.47. The standard InChI is InChI=1S/C10H12FNOS/c1-3-12(10(13)14-2)9-6-4-8(11)5-7-9/h4-7H,3H2,1-2H3. The van der Waals surface area contributed by atoms with Crippen molar-refractivity contribution < 1.29 is 9.18 Å². The number of hydrogen-bond acceptors (Lipinski definition) is 2. The lowest BCUT2D eigenvalue weighted by atomic mass is 10.3. The van der Waals surface area contributed by atoms with Crippen molar-refractivity contribution >= 4 is 22.7 Å². The van der Waals surface area contributed by atoms with E-state index in [4.69, 9.17) is 0 Å². The van der Waals surface area contributed by atoms with E-state index in [9.17, 15) is 9.18 Å². The van der Waals surface area contributed by atoms with E-state index < -0.39 is 0 Å². The van der Waals surface area contributed by atoms with Crippen molar-refractivity contribution in [3.05, 3.63) is 30.1 Å². The van der Waals surface area contributed by atoms with Crippen LogP contribution < -0.4 is 4.90 Å². The van der Waals surface area contributed by atoms with Crippen LogP contribution in [0.15, 0.2) is 24.3 Å². The molecular formula is C10H12FNOS. The smallest absolute Gasteiger partial charge is 0.285 e. The Morgan fingerprint density at radius 2 is 2.00 bits per heavy atom. The summed E-state index contributed by atoms with van der Waals surface area (Å²) in [5.41, 5.74) is 0.730. The van der Waals surface area contributed by atoms with Crippen LogP contribution in [0.4, 0.5) is 14.9 Å². The van der Waals surface area contributed by atoms with Crippen LogP contribution in [0, 0.1) is 5.82 Å². The third kappa shape index (κ3) is 2.48. The van der Waals surface area contributed by atoms with E-state index in [0.29, 0.717) is 6.54 Å². The molecule has 0 atom stereocenters. The highest BCUT2D eigenvalue weighted by molar-refractivity contribution is 8.13. The lowest BCUT2D eigenvalue weighted by molar-refractivity contribution is 0.265. The number of amides is 1. The Balaban J connectivity index is 2.89. The zero-order valence-electron chi connectivity index (χ0n) is 8.16. The minimum atomic E-state index is -0.290. The zero-order valence-corrected chi connectivity index (χ0v) is 8.97. The first-order valence-electron chi connectivity index (χ1n) is 4.30. The van der Waals surface area contributed by atoms with E-state index in [0.717, 1.165) is 17.4 Å². The van der Waals surface area contributed by atoms with Gasteiger partial charge in [0.15, 0.2) is 0 Å². The van der Waals surface area contributed by atoms with Crippen molar-refractivity contribution in [1.82, 2.24) is 0 Å². The van der Waals surface area contributed by atoms with Gasteiger partial charge in [0.05, 0.1) is 0 Å². The molecule has 0 heterocycles. The second-order valence-corrected chi connectivity index (χ2v) is 3.45. The van der Waals surface area contributed by atoms with Gasteiger partial charge in [-0.3, -0.25) is 4.79 Å². The Bertz CT molecular complexity index is 312. The molecule has 0 saturated heterocycles. The van der Waals surface area contributed by atoms with Crippen molar-refractivity contribution in [3.8, 4) is 0 Å². The van der Waals surface area contributed by atoms with E-state index >= 15 is 0 Å². The molecule has 76 valence electrons. The maximum Gasteiger partial charge on any atom is 0.285 e. The van der Waals surface area contributed by atoms with Crippen molar-refractivity contribution in [1.29, 1.82) is 0 Å². The molecule has 2 nitrogen and oxygen atoms in total. The Morgan fingerprint density at radius 1 is 1.43 bits per heavy atom. The molecule has 0 N–H and O–H groups in total. The summed E-state index contributed by atoms with van der Waals surface area (Å²) >= 11 is 1.15. The van der Waals surface area contributed by atoms with E-state index in [1.54, 1.807) is 23.3 Å². The van der Waals surface area contributed by atoms with Crippen LogP contribution >= 0.6 is 11.8 Å². The summed E-state index contributed by atoms with van der Waals surface area (Å²) in [5.74, 6) is -0.290. The van der Waals surface area contributed by atoms with Crippen molar-refractivity contribution in [3.63, 3.8) is 0 Å². The molecule has 0 unspecified atom stereocenters. The molecule has 0 bridgehead atoms. The van der Waals surface area contributed by atoms with Gasteiger partial charge in [-0.1, -0.05) is 11.8 Å². The third-order valence-corrected chi connectivity index (χ3v) is 2.42. The van der Waals surface area contributed by atoms with Crippen molar-refractivity contribution in [2.24, 2.45) is 0 Å². The maximum absolute atomic E-state index is 12.6. The van der Waals surface area contributed by atoms with Gasteiger partial charge in [-0.25, -0.2) is 4.39 Å². The number of halogens is 1. The van der Waals surface area contributed by atoms with Gasteiger partial charge in [0.1, 0.15) is 5.82 Å². The first kappa shape index (κ1) is 11.0. The Hall–Kier alpha value is -1.03. The fraction of sp³-hybridized carbons (Fsp3) is 0.300. The summed E-state index contributed by atoms with van der Waals surface area (Å²) in [6.07, 6.45) is 1.73. The molecule has 1 rings (SSSR count). The predicted molar refractivity (Wildman–Crippen MR) is 58.3 cm³/mol. The fourth-order valence-corrected chi connectivity index (χ4v) is 1.60. The lowest BCUT2D eigenvalue weighted by Crippen LogP contribution is -2.26. The normalized spacial score (nSPS) is 9.93. The first-order chi connectivity index (χ1) is 6.69. The lowest BCUT2D eigenvalue weighted by Gasteiger charge is -2.19. The molecule has 0 aliphatic rings. The topological polar surface area (TPSA) is 20.3 Å². The number of carbonyl (C=O) groups is 1. The molecule has 14 heavy (non-hydrogen) atoms. The number of hydrogen-bond donors (Lipinski definition) is 0. The van der Waals surface area contributed by atoms with Gasteiger partial charge in [0.25, 0.3) is 5.24 Å². The SMILES string of the molecule is CCN(C(=O)SC)c1ccc(F)cc1. The number of anilines is 1. The average molecular weight is 213 g/mol. The summed E-state index contributed by atoms with van der Waals surface area (Å²) in [4.78, 5) is 13.0. The zero-order chi connectivity index (χ0) is 10.6. The second-order valence-electron chi connectivity index (χ2n) is 2.69. The van der Waals surface area contributed by atoms with Crippen LogP contribution in [0.5, 0.6) is 0 Å². The van der Waals surface area contributed by atoms with Gasteiger partial charge < -0.3 is 4.90 Å². The summed E-state index contributed by atoms with van der Waals surface area (Å²) in [5, 5.41) is -0.0286. The minimum absolute atomic E-state index is 0.0286. The maximum atomic E-state index is 12.6. The van der Waals surface area contributed by atoms with Gasteiger partial charge in [-0.05, 0) is 37.4 Å². The summed E-state index contributed by atoms with van der Waals surface area (Å²) < 4.78 is 12.6. The molecule has 0 spiro atoms. The molecule has 0 saturated carbocycles. The van der Waals surface area contributed by atoms with Crippen molar-refractivity contribution in [2.45, 2.75) is 6.92 Å². The highest BCUT2D eigenvalue weighted by Gasteiger charge is 2.11. The van der Waals surface area contributed by atoms with Crippen molar-refractivity contribution in [2.75, 3.05) is 17.7 Å². The fourth-order valence-electron chi connectivity index (χ4n) is 1.15. The number of carbonyl (C=O) groups excluding carboxylic acids is 1. The van der Waals surface area contributed by atoms with Gasteiger partial charge in [0.2, 0.25) is 0 Å². The number of nitrogens with zero attached hydrogens (tertiary/aromatic N) is 1. The molecular weight excluding hydrogens is 201 g/mol. The van der Waals surface area contributed by atoms with Crippen LogP contribution in [0.1, 0.15) is 6.92 Å². The minimum Gasteiger partial charge on any atom is -0.304 e. The number of rotatable bonds is 2. The van der Waals surface area contributed by atoms with E-state index in [-0.39, 0.29) is 11.1 Å². The second kappa shape index (κ2) is 5.00. The average Bonchev–Trinajstić information content (AvgIpc) is 2.21. The van der Waals surface area contributed by atoms with E-state index in [2.05, 4.69) is 0 Å². The number of benzene rings is 1. The largest absolute Gasteiger partial charge is 0.304 e. The molecule has 4 heteroatoms. The van der Waals surface area contributed by atoms with Crippen LogP contribution in [0.2, 0.25) is 0 Å². The quantitative estimate of drug-likeness (QED) is 0.752. The van der Waals surface area contributed by atoms with Gasteiger partial charge in [-0.15, -0.1) is 0 Å². The molecule has 1 amide bonds. The summed E-state index contributed by atoms with van der Waals surface area (Å²) in [6, 6.07) is 5.91. The highest BCUT2D eigenvalue weighted by atomic mass is 32.2. The van der Waals surface area contributed by atoms with Crippen LogP contribution in [-0.4, -0.2) is 18.0 Å². The number of thioether (sulfide) groups is 1. The van der Waals surface area contributed by atoms with Gasteiger partial charge in [-0.2, -0.15) is 0 Å². The molecule has 0 aliphatic carbocycles. The van der Waals surface area contributed by atoms with E-state index in [1.807, 2.05) is 6.92 Å². The first-order valence-corrected chi connectivity index (χ1v) is 5.52. The van der Waals surface area contributed by atoms with Gasteiger partial charge in [0, 0.05) is 12.2 Å². The summed E-state index contributed by atoms with van der Waals surface area (Å²) in [7, 11) is 0. The Kier molecular flexibility index (Phi) is 3.95. The monoisotopic (exact) mass is 213 g/mol. The molecule has 0 radical (unpaired) electrons. The Morgan fingerprint density at radius 3 is 2.43 bits per heavy atom. The van der Waals surface area contributed by atoms with Crippen LogP contribution in [0.25, 0.3) is 0 Å². The van der Waals surface area contributed by atoms with Crippen LogP contribution in [0.3, 0.4) is 0 Å². The van der Waals surface area contributed by atoms with E-state index in [1.165, 1.54) is 12.1 Å². The third-order valence-electron chi connectivity index (χ3n) is 1.85. The molecule has 0 aliphatic heterocycles.